The Bertz CT molecular complexity index is 873. The number of alkyl halides is 1. The van der Waals surface area contributed by atoms with Crippen LogP contribution >= 0.6 is 47.8 Å². The van der Waals surface area contributed by atoms with E-state index in [9.17, 15) is 9.59 Å². The minimum absolute atomic E-state index is 0.113. The summed E-state index contributed by atoms with van der Waals surface area (Å²) < 4.78 is 11.9. The fraction of sp³-hybridized carbons (Fsp3) is 0.333. The Balaban J connectivity index is 0.000000212. The summed E-state index contributed by atoms with van der Waals surface area (Å²) in [6, 6.07) is 11.2. The maximum atomic E-state index is 12.0. The van der Waals surface area contributed by atoms with Gasteiger partial charge in [-0.3, -0.25) is 4.79 Å². The lowest BCUT2D eigenvalue weighted by atomic mass is 10.1. The molecule has 0 saturated carbocycles. The van der Waals surface area contributed by atoms with Crippen molar-refractivity contribution in [2.75, 3.05) is 26.9 Å². The summed E-state index contributed by atoms with van der Waals surface area (Å²) in [5.41, 5.74) is 3.43. The predicted octanol–water partition coefficient (Wildman–Crippen LogP) is 5.57. The molecule has 0 saturated heterocycles. The van der Waals surface area contributed by atoms with Crippen LogP contribution in [-0.4, -0.2) is 43.6 Å². The number of halogens is 3. The fourth-order valence-electron chi connectivity index (χ4n) is 2.83. The summed E-state index contributed by atoms with van der Waals surface area (Å²) in [4.78, 5) is 25.0. The molecule has 156 valence electrons. The number of amides is 1. The third kappa shape index (κ3) is 6.64. The van der Waals surface area contributed by atoms with Crippen LogP contribution in [0, 0.1) is 0 Å². The summed E-state index contributed by atoms with van der Waals surface area (Å²) in [6.45, 7) is 4.62. The average molecular weight is 592 g/mol. The largest absolute Gasteiger partial charge is 0.465 e. The molecule has 0 atom stereocenters. The van der Waals surface area contributed by atoms with Gasteiger partial charge in [0.05, 0.1) is 19.3 Å². The van der Waals surface area contributed by atoms with Crippen LogP contribution < -0.4 is 0 Å². The molecule has 0 N–H and O–H groups in total. The highest BCUT2D eigenvalue weighted by molar-refractivity contribution is 9.10. The molecule has 0 fully saturated rings. The van der Waals surface area contributed by atoms with Crippen molar-refractivity contribution in [2.24, 2.45) is 0 Å². The van der Waals surface area contributed by atoms with Crippen LogP contribution in [0.2, 0.25) is 0 Å². The molecule has 2 aromatic carbocycles. The van der Waals surface area contributed by atoms with E-state index in [0.717, 1.165) is 25.6 Å². The van der Waals surface area contributed by atoms with E-state index in [2.05, 4.69) is 52.5 Å². The van der Waals surface area contributed by atoms with Crippen molar-refractivity contribution >= 4 is 59.7 Å². The Hall–Kier alpha value is -1.22. The van der Waals surface area contributed by atoms with Crippen LogP contribution in [0.25, 0.3) is 0 Å². The highest BCUT2D eigenvalue weighted by Crippen LogP contribution is 2.25. The molecule has 0 unspecified atom stereocenters. The van der Waals surface area contributed by atoms with E-state index < -0.39 is 0 Å². The van der Waals surface area contributed by atoms with Gasteiger partial charge < -0.3 is 14.4 Å². The Labute approximate surface area is 196 Å². The minimum Gasteiger partial charge on any atom is -0.465 e. The number of methoxy groups -OCH3 is 1. The maximum Gasteiger partial charge on any atom is 0.338 e. The molecule has 1 aliphatic heterocycles. The van der Waals surface area contributed by atoms with Gasteiger partial charge in [-0.1, -0.05) is 47.8 Å². The number of carbonyl (C=O) groups is 2. The number of fused-ring (bicyclic) bond motifs is 1. The van der Waals surface area contributed by atoms with E-state index in [0.29, 0.717) is 37.2 Å². The maximum absolute atomic E-state index is 12.0. The normalized spacial score (nSPS) is 12.3. The first-order chi connectivity index (χ1) is 13.9. The zero-order chi connectivity index (χ0) is 21.4. The van der Waals surface area contributed by atoms with E-state index in [1.54, 1.807) is 6.07 Å². The molecule has 1 aliphatic rings. The van der Waals surface area contributed by atoms with Gasteiger partial charge in [-0.15, -0.1) is 0 Å². The average Bonchev–Trinajstić information content (AvgIpc) is 3.02. The first-order valence-corrected chi connectivity index (χ1v) is 11.7. The second-order valence-electron chi connectivity index (χ2n) is 6.15. The Kier molecular flexibility index (Phi) is 9.82. The van der Waals surface area contributed by atoms with Gasteiger partial charge in [0.15, 0.2) is 0 Å². The first kappa shape index (κ1) is 24.1. The second kappa shape index (κ2) is 11.8. The van der Waals surface area contributed by atoms with Crippen LogP contribution in [0.4, 0.5) is 0 Å². The van der Waals surface area contributed by atoms with Crippen LogP contribution in [-0.2, 0) is 21.3 Å². The number of hydrogen-bond acceptors (Lipinski definition) is 4. The van der Waals surface area contributed by atoms with Gasteiger partial charge in [0.25, 0.3) is 5.91 Å². The highest BCUT2D eigenvalue weighted by Gasteiger charge is 2.26. The van der Waals surface area contributed by atoms with Gasteiger partial charge in [-0.2, -0.15) is 0 Å². The molecule has 0 spiro atoms. The summed E-state index contributed by atoms with van der Waals surface area (Å²) in [5, 5.41) is 0.636. The molecule has 1 heterocycles. The number of rotatable bonds is 6. The molecule has 0 aliphatic carbocycles. The number of esters is 1. The van der Waals surface area contributed by atoms with Gasteiger partial charge >= 0.3 is 5.97 Å². The van der Waals surface area contributed by atoms with Crippen LogP contribution in [0.1, 0.15) is 38.8 Å². The summed E-state index contributed by atoms with van der Waals surface area (Å²) in [5.74, 6) is -0.191. The van der Waals surface area contributed by atoms with Crippen LogP contribution in [0.5, 0.6) is 0 Å². The Morgan fingerprint density at radius 2 is 1.83 bits per heavy atom. The van der Waals surface area contributed by atoms with Crippen molar-refractivity contribution in [2.45, 2.75) is 18.8 Å². The lowest BCUT2D eigenvalue weighted by molar-refractivity contribution is 0.0599. The summed E-state index contributed by atoms with van der Waals surface area (Å²) >= 11 is 10.1. The topological polar surface area (TPSA) is 55.8 Å². The molecule has 0 bridgehead atoms. The molecule has 0 aromatic heterocycles. The summed E-state index contributed by atoms with van der Waals surface area (Å²) in [6.07, 6.45) is 0. The van der Waals surface area contributed by atoms with Gasteiger partial charge in [0, 0.05) is 39.5 Å². The van der Waals surface area contributed by atoms with Crippen molar-refractivity contribution in [1.29, 1.82) is 0 Å². The van der Waals surface area contributed by atoms with Crippen LogP contribution in [0.3, 0.4) is 0 Å². The number of nitrogens with zero attached hydrogens (tertiary/aromatic N) is 1. The van der Waals surface area contributed by atoms with E-state index in [1.165, 1.54) is 7.11 Å². The highest BCUT2D eigenvalue weighted by atomic mass is 79.9. The number of ether oxygens (including phenoxy) is 2. The molecular formula is C21H22Br3NO4. The zero-order valence-electron chi connectivity index (χ0n) is 16.2. The van der Waals surface area contributed by atoms with Gasteiger partial charge in [0.1, 0.15) is 0 Å². The van der Waals surface area contributed by atoms with Crippen molar-refractivity contribution in [1.82, 2.24) is 4.90 Å². The third-order valence-electron chi connectivity index (χ3n) is 4.27. The fourth-order valence-corrected chi connectivity index (χ4v) is 4.11. The van der Waals surface area contributed by atoms with Crippen molar-refractivity contribution in [3.8, 4) is 0 Å². The lowest BCUT2D eigenvalue weighted by Gasteiger charge is -2.14. The van der Waals surface area contributed by atoms with Crippen molar-refractivity contribution in [3.05, 3.63) is 67.6 Å². The van der Waals surface area contributed by atoms with Gasteiger partial charge in [-0.05, 0) is 54.4 Å². The van der Waals surface area contributed by atoms with E-state index in [-0.39, 0.29) is 11.9 Å². The first-order valence-electron chi connectivity index (χ1n) is 8.99. The molecular weight excluding hydrogens is 570 g/mol. The summed E-state index contributed by atoms with van der Waals surface area (Å²) in [7, 11) is 1.38. The molecule has 29 heavy (non-hydrogen) atoms. The van der Waals surface area contributed by atoms with Gasteiger partial charge in [-0.25, -0.2) is 4.79 Å². The Morgan fingerprint density at radius 1 is 1.14 bits per heavy atom. The monoisotopic (exact) mass is 589 g/mol. The third-order valence-corrected chi connectivity index (χ3v) is 5.86. The number of carbonyl (C=O) groups excluding carboxylic acids is 2. The predicted molar refractivity (Wildman–Crippen MR) is 123 cm³/mol. The van der Waals surface area contributed by atoms with E-state index in [1.807, 2.05) is 42.2 Å². The molecule has 0 radical (unpaired) electrons. The number of benzene rings is 2. The van der Waals surface area contributed by atoms with E-state index >= 15 is 0 Å². The standard InChI is InChI=1S/C12H14BrNO2.C9H8Br2O2/c1-2-16-6-5-14-8-9-7-10(13)3-4-11(9)12(14)15;1-13-9(12)8-3-2-7(11)4-6(8)5-10/h3-4,7H,2,5-6,8H2,1H3;2-4H,5H2,1H3. The van der Waals surface area contributed by atoms with Crippen molar-refractivity contribution < 1.29 is 19.1 Å². The van der Waals surface area contributed by atoms with Crippen LogP contribution in [0.15, 0.2) is 45.3 Å². The smallest absolute Gasteiger partial charge is 0.338 e. The lowest BCUT2D eigenvalue weighted by Crippen LogP contribution is -2.27. The Morgan fingerprint density at radius 3 is 2.48 bits per heavy atom. The molecule has 1 amide bonds. The zero-order valence-corrected chi connectivity index (χ0v) is 21.0. The molecule has 5 nitrogen and oxygen atoms in total. The quantitative estimate of drug-likeness (QED) is 0.250. The van der Waals surface area contributed by atoms with E-state index in [4.69, 9.17) is 4.74 Å². The SMILES string of the molecule is CCOCCN1Cc2cc(Br)ccc2C1=O.COC(=O)c1ccc(Br)cc1CBr. The minimum atomic E-state index is -0.304. The molecule has 2 aromatic rings. The molecule has 8 heteroatoms. The van der Waals surface area contributed by atoms with Crippen molar-refractivity contribution in [3.63, 3.8) is 0 Å². The van der Waals surface area contributed by atoms with Gasteiger partial charge in [0.2, 0.25) is 0 Å². The molecule has 3 rings (SSSR count). The second-order valence-corrected chi connectivity index (χ2v) is 8.54. The number of hydrogen-bond donors (Lipinski definition) is 0.